The molecule has 0 N–H and O–H groups in total. The monoisotopic (exact) mass is 383 g/mol. The summed E-state index contributed by atoms with van der Waals surface area (Å²) < 4.78 is 0. The molecule has 0 bridgehead atoms. The first-order valence-corrected chi connectivity index (χ1v) is 10.5. The minimum absolute atomic E-state index is 0.122. The maximum atomic E-state index is 12.0. The van der Waals surface area contributed by atoms with Gasteiger partial charge in [0.25, 0.3) is 0 Å². The minimum Gasteiger partial charge on any atom is -0.378 e. The second kappa shape index (κ2) is 8.24. The molecule has 1 aliphatic carbocycles. The third-order valence-electron chi connectivity index (χ3n) is 6.16. The molecule has 0 amide bonds. The van der Waals surface area contributed by atoms with Crippen molar-refractivity contribution in [3.05, 3.63) is 101 Å². The smallest absolute Gasteiger partial charge is 0.130 e. The summed E-state index contributed by atoms with van der Waals surface area (Å²) >= 11 is 0. The fraction of sp³-hybridized carbons (Fsp3) is 0.296. The van der Waals surface area contributed by atoms with E-state index in [1.54, 1.807) is 6.92 Å². The number of carbonyl (C=O) groups excluding carboxylic acids is 1. The van der Waals surface area contributed by atoms with Crippen molar-refractivity contribution >= 4 is 11.5 Å². The molecular weight excluding hydrogens is 354 g/mol. The van der Waals surface area contributed by atoms with Gasteiger partial charge in [0.1, 0.15) is 5.78 Å². The Morgan fingerprint density at radius 1 is 0.966 bits per heavy atom. The quantitative estimate of drug-likeness (QED) is 0.525. The van der Waals surface area contributed by atoms with E-state index in [4.69, 9.17) is 0 Å². The predicted molar refractivity (Wildman–Crippen MR) is 121 cm³/mol. The maximum Gasteiger partial charge on any atom is 0.130 e. The van der Waals surface area contributed by atoms with Crippen LogP contribution in [0.4, 0.5) is 5.69 Å². The highest BCUT2D eigenvalue weighted by molar-refractivity contribution is 5.77. The molecule has 0 saturated heterocycles. The maximum absolute atomic E-state index is 12.0. The molecule has 0 fully saturated rings. The number of carbonyl (C=O) groups is 1. The summed E-state index contributed by atoms with van der Waals surface area (Å²) in [7, 11) is 4.15. The van der Waals surface area contributed by atoms with E-state index in [0.29, 0.717) is 12.3 Å². The summed E-state index contributed by atoms with van der Waals surface area (Å²) in [6.07, 6.45) is 2.83. The van der Waals surface area contributed by atoms with Crippen LogP contribution in [-0.4, -0.2) is 19.9 Å². The minimum atomic E-state index is 0.122. The zero-order valence-corrected chi connectivity index (χ0v) is 17.6. The van der Waals surface area contributed by atoms with Crippen LogP contribution >= 0.6 is 0 Å². The highest BCUT2D eigenvalue weighted by Gasteiger charge is 2.26. The van der Waals surface area contributed by atoms with Gasteiger partial charge in [-0.25, -0.2) is 0 Å². The third-order valence-corrected chi connectivity index (χ3v) is 6.16. The summed E-state index contributed by atoms with van der Waals surface area (Å²) in [5, 5.41) is 0. The zero-order valence-electron chi connectivity index (χ0n) is 17.6. The first kappa shape index (κ1) is 19.4. The van der Waals surface area contributed by atoms with Crippen molar-refractivity contribution in [2.75, 3.05) is 19.0 Å². The fourth-order valence-corrected chi connectivity index (χ4v) is 4.59. The molecule has 2 heteroatoms. The van der Waals surface area contributed by atoms with E-state index in [1.807, 2.05) is 6.07 Å². The number of anilines is 1. The third kappa shape index (κ3) is 4.12. The molecule has 3 aromatic carbocycles. The molecule has 2 unspecified atom stereocenters. The average molecular weight is 384 g/mol. The second-order valence-corrected chi connectivity index (χ2v) is 8.40. The van der Waals surface area contributed by atoms with Gasteiger partial charge in [-0.3, -0.25) is 4.79 Å². The molecule has 2 atom stereocenters. The largest absolute Gasteiger partial charge is 0.378 e. The molecule has 1 aliphatic rings. The van der Waals surface area contributed by atoms with Gasteiger partial charge in [-0.15, -0.1) is 0 Å². The first-order valence-electron chi connectivity index (χ1n) is 10.5. The van der Waals surface area contributed by atoms with Crippen molar-refractivity contribution in [3.63, 3.8) is 0 Å². The normalized spacial score (nSPS) is 16.3. The van der Waals surface area contributed by atoms with E-state index in [1.165, 1.54) is 33.5 Å². The van der Waals surface area contributed by atoms with E-state index in [-0.39, 0.29) is 11.7 Å². The van der Waals surface area contributed by atoms with Crippen LogP contribution in [0.3, 0.4) is 0 Å². The molecule has 0 heterocycles. The van der Waals surface area contributed by atoms with Crippen LogP contribution < -0.4 is 4.90 Å². The highest BCUT2D eigenvalue weighted by atomic mass is 16.1. The Bertz CT molecular complexity index is 989. The van der Waals surface area contributed by atoms with Crippen molar-refractivity contribution in [2.24, 2.45) is 0 Å². The van der Waals surface area contributed by atoms with Crippen molar-refractivity contribution in [3.8, 4) is 0 Å². The van der Waals surface area contributed by atoms with Gasteiger partial charge in [-0.05, 0) is 59.7 Å². The lowest BCUT2D eigenvalue weighted by atomic mass is 9.84. The van der Waals surface area contributed by atoms with Gasteiger partial charge in [0, 0.05) is 38.0 Å². The zero-order chi connectivity index (χ0) is 20.4. The second-order valence-electron chi connectivity index (χ2n) is 8.40. The van der Waals surface area contributed by atoms with Crippen molar-refractivity contribution in [1.82, 2.24) is 0 Å². The van der Waals surface area contributed by atoms with Crippen LogP contribution in [0.5, 0.6) is 0 Å². The van der Waals surface area contributed by atoms with Crippen molar-refractivity contribution in [2.45, 2.75) is 38.0 Å². The predicted octanol–water partition coefficient (Wildman–Crippen LogP) is 5.94. The van der Waals surface area contributed by atoms with Gasteiger partial charge in [-0.1, -0.05) is 60.7 Å². The number of nitrogens with zero attached hydrogens (tertiary/aromatic N) is 1. The summed E-state index contributed by atoms with van der Waals surface area (Å²) in [5.74, 6) is 0.793. The number of Topliss-reactive ketones (excluding diaryl/α,β-unsaturated/α-hetero) is 1. The highest BCUT2D eigenvalue weighted by Crippen LogP contribution is 2.41. The number of benzene rings is 3. The molecule has 0 aliphatic heterocycles. The number of aryl methyl sites for hydroxylation is 1. The summed E-state index contributed by atoms with van der Waals surface area (Å²) in [6.45, 7) is 1.69. The fourth-order valence-electron chi connectivity index (χ4n) is 4.59. The van der Waals surface area contributed by atoms with Crippen LogP contribution in [-0.2, 0) is 11.2 Å². The number of hydrogen-bond acceptors (Lipinski definition) is 2. The lowest BCUT2D eigenvalue weighted by Crippen LogP contribution is -2.09. The molecule has 0 saturated carbocycles. The average Bonchev–Trinajstić information content (AvgIpc) is 3.16. The Morgan fingerprint density at radius 2 is 1.69 bits per heavy atom. The van der Waals surface area contributed by atoms with E-state index in [9.17, 15) is 4.79 Å². The van der Waals surface area contributed by atoms with Crippen LogP contribution in [0.15, 0.2) is 72.8 Å². The number of ketones is 1. The topological polar surface area (TPSA) is 20.3 Å². The van der Waals surface area contributed by atoms with E-state index in [2.05, 4.69) is 85.7 Å². The molecule has 0 spiro atoms. The molecule has 29 heavy (non-hydrogen) atoms. The molecule has 0 radical (unpaired) electrons. The van der Waals surface area contributed by atoms with Crippen molar-refractivity contribution < 1.29 is 4.79 Å². The Labute approximate surface area is 174 Å². The lowest BCUT2D eigenvalue weighted by molar-refractivity contribution is -0.117. The van der Waals surface area contributed by atoms with Crippen LogP contribution in [0.2, 0.25) is 0 Å². The Kier molecular flexibility index (Phi) is 5.53. The van der Waals surface area contributed by atoms with Gasteiger partial charge in [0.15, 0.2) is 0 Å². The molecule has 4 rings (SSSR count). The van der Waals surface area contributed by atoms with Gasteiger partial charge in [-0.2, -0.15) is 0 Å². The molecule has 0 aromatic heterocycles. The van der Waals surface area contributed by atoms with E-state index in [0.717, 1.165) is 12.8 Å². The van der Waals surface area contributed by atoms with E-state index >= 15 is 0 Å². The lowest BCUT2D eigenvalue weighted by Gasteiger charge is -2.20. The molecular formula is C27H29NO. The SMILES string of the molecule is CC(=O)CC(c1ccccc1)c1ccc2c(c1)C(c1ccc(N(C)C)cc1)CC2. The van der Waals surface area contributed by atoms with Gasteiger partial charge in [0.2, 0.25) is 0 Å². The Morgan fingerprint density at radius 3 is 2.34 bits per heavy atom. The number of fused-ring (bicyclic) bond motifs is 1. The summed E-state index contributed by atoms with van der Waals surface area (Å²) in [5.41, 5.74) is 7.96. The number of rotatable bonds is 6. The van der Waals surface area contributed by atoms with Gasteiger partial charge in [0.05, 0.1) is 0 Å². The number of hydrogen-bond donors (Lipinski definition) is 0. The van der Waals surface area contributed by atoms with Gasteiger partial charge >= 0.3 is 0 Å². The summed E-state index contributed by atoms with van der Waals surface area (Å²) in [6, 6.07) is 26.3. The molecule has 148 valence electrons. The van der Waals surface area contributed by atoms with E-state index < -0.39 is 0 Å². The Balaban J connectivity index is 1.70. The molecule has 3 aromatic rings. The van der Waals surface area contributed by atoms with Gasteiger partial charge < -0.3 is 4.90 Å². The van der Waals surface area contributed by atoms with Crippen LogP contribution in [0.25, 0.3) is 0 Å². The standard InChI is InChI=1S/C27H29NO/c1-19(29)17-26(20-7-5-4-6-8-20)23-10-9-22-13-16-25(27(22)18-23)21-11-14-24(15-12-21)28(2)3/h4-12,14-15,18,25-26H,13,16-17H2,1-3H3. The van der Waals surface area contributed by atoms with Crippen LogP contribution in [0, 0.1) is 0 Å². The van der Waals surface area contributed by atoms with Crippen LogP contribution in [0.1, 0.15) is 59.4 Å². The Hall–Kier alpha value is -2.87. The first-order chi connectivity index (χ1) is 14.0. The molecule has 2 nitrogen and oxygen atoms in total. The van der Waals surface area contributed by atoms with Crippen molar-refractivity contribution in [1.29, 1.82) is 0 Å². The summed E-state index contributed by atoms with van der Waals surface area (Å²) in [4.78, 5) is 14.1.